The number of unbranched alkanes of at least 4 members (excludes halogenated alkanes) is 5. The molecule has 1 aromatic rings. The molecule has 0 spiro atoms. The van der Waals surface area contributed by atoms with E-state index in [0.29, 0.717) is 22.8 Å². The van der Waals surface area contributed by atoms with Gasteiger partial charge in [-0.2, -0.15) is 0 Å². The third-order valence-electron chi connectivity index (χ3n) is 3.68. The molecule has 0 saturated carbocycles. The summed E-state index contributed by atoms with van der Waals surface area (Å²) in [4.78, 5) is 25.4. The first kappa shape index (κ1) is 15.0. The largest absolute Gasteiger partial charge is 0.303 e. The molecule has 0 atom stereocenters. The summed E-state index contributed by atoms with van der Waals surface area (Å²) in [7, 11) is 0. The van der Waals surface area contributed by atoms with Crippen molar-refractivity contribution in [2.75, 3.05) is 11.4 Å². The van der Waals surface area contributed by atoms with Crippen molar-refractivity contribution < 1.29 is 9.59 Å². The van der Waals surface area contributed by atoms with E-state index in [9.17, 15) is 9.59 Å². The zero-order valence-corrected chi connectivity index (χ0v) is 12.6. The number of benzene rings is 1. The summed E-state index contributed by atoms with van der Waals surface area (Å²) >= 11 is 6.13. The van der Waals surface area contributed by atoms with Gasteiger partial charge in [0.15, 0.2) is 0 Å². The van der Waals surface area contributed by atoms with Gasteiger partial charge in [0, 0.05) is 6.54 Å². The number of hydrogen-bond acceptors (Lipinski definition) is 2. The number of fused-ring (bicyclic) bond motifs is 1. The minimum Gasteiger partial charge on any atom is -0.303 e. The maximum Gasteiger partial charge on any atom is 0.299 e. The molecule has 0 aromatic heterocycles. The Balaban J connectivity index is 1.96. The van der Waals surface area contributed by atoms with Gasteiger partial charge in [-0.1, -0.05) is 56.7 Å². The molecule has 0 N–H and O–H groups in total. The summed E-state index contributed by atoms with van der Waals surface area (Å²) in [5.74, 6) is -0.879. The lowest BCUT2D eigenvalue weighted by atomic mass is 10.1. The lowest BCUT2D eigenvalue weighted by molar-refractivity contribution is -0.114. The Labute approximate surface area is 124 Å². The molecule has 1 heterocycles. The van der Waals surface area contributed by atoms with E-state index in [4.69, 9.17) is 11.6 Å². The molecule has 1 amide bonds. The third-order valence-corrected chi connectivity index (χ3v) is 3.98. The van der Waals surface area contributed by atoms with Crippen LogP contribution in [0.15, 0.2) is 18.2 Å². The molecule has 1 aromatic carbocycles. The SMILES string of the molecule is CCCCCCCCN1C(=O)C(=O)c2cccc(Cl)c21. The Morgan fingerprint density at radius 1 is 1.05 bits per heavy atom. The van der Waals surface area contributed by atoms with Crippen molar-refractivity contribution >= 4 is 29.0 Å². The number of amides is 1. The lowest BCUT2D eigenvalue weighted by Crippen LogP contribution is -2.30. The zero-order chi connectivity index (χ0) is 14.5. The van der Waals surface area contributed by atoms with Crippen LogP contribution in [-0.4, -0.2) is 18.2 Å². The summed E-state index contributed by atoms with van der Waals surface area (Å²) in [5.41, 5.74) is 1.03. The van der Waals surface area contributed by atoms with Crippen LogP contribution in [0.2, 0.25) is 5.02 Å². The topological polar surface area (TPSA) is 37.4 Å². The van der Waals surface area contributed by atoms with Crippen LogP contribution in [0.4, 0.5) is 5.69 Å². The highest BCUT2D eigenvalue weighted by Crippen LogP contribution is 2.35. The molecule has 0 aliphatic carbocycles. The average molecular weight is 294 g/mol. The Bertz CT molecular complexity index is 513. The number of rotatable bonds is 7. The Hall–Kier alpha value is -1.35. The van der Waals surface area contributed by atoms with Crippen LogP contribution in [0.1, 0.15) is 55.8 Å². The van der Waals surface area contributed by atoms with Crippen molar-refractivity contribution in [1.82, 2.24) is 0 Å². The fourth-order valence-electron chi connectivity index (χ4n) is 2.58. The van der Waals surface area contributed by atoms with Crippen molar-refractivity contribution in [2.45, 2.75) is 45.4 Å². The quantitative estimate of drug-likeness (QED) is 0.557. The van der Waals surface area contributed by atoms with Gasteiger partial charge in [0.2, 0.25) is 0 Å². The molecular formula is C16H20ClNO2. The molecule has 0 radical (unpaired) electrons. The van der Waals surface area contributed by atoms with Gasteiger partial charge in [-0.15, -0.1) is 0 Å². The van der Waals surface area contributed by atoms with Crippen molar-refractivity contribution in [3.05, 3.63) is 28.8 Å². The summed E-state index contributed by atoms with van der Waals surface area (Å²) in [6, 6.07) is 5.10. The van der Waals surface area contributed by atoms with Crippen LogP contribution in [0.3, 0.4) is 0 Å². The van der Waals surface area contributed by atoms with Crippen LogP contribution < -0.4 is 4.90 Å². The van der Waals surface area contributed by atoms with E-state index >= 15 is 0 Å². The van der Waals surface area contributed by atoms with Gasteiger partial charge in [-0.05, 0) is 18.6 Å². The first-order chi connectivity index (χ1) is 9.66. The van der Waals surface area contributed by atoms with Crippen molar-refractivity contribution in [3.63, 3.8) is 0 Å². The zero-order valence-electron chi connectivity index (χ0n) is 11.8. The Morgan fingerprint density at radius 2 is 1.75 bits per heavy atom. The second kappa shape index (κ2) is 6.89. The van der Waals surface area contributed by atoms with Crippen LogP contribution in [-0.2, 0) is 4.79 Å². The molecular weight excluding hydrogens is 274 g/mol. The van der Waals surface area contributed by atoms with E-state index in [2.05, 4.69) is 6.92 Å². The fourth-order valence-corrected chi connectivity index (χ4v) is 2.85. The van der Waals surface area contributed by atoms with E-state index in [-0.39, 0.29) is 0 Å². The third kappa shape index (κ3) is 3.04. The first-order valence-corrected chi connectivity index (χ1v) is 7.69. The highest BCUT2D eigenvalue weighted by Gasteiger charge is 2.36. The highest BCUT2D eigenvalue weighted by atomic mass is 35.5. The van der Waals surface area contributed by atoms with E-state index in [1.54, 1.807) is 23.1 Å². The van der Waals surface area contributed by atoms with Crippen LogP contribution in [0.5, 0.6) is 0 Å². The summed E-state index contributed by atoms with van der Waals surface area (Å²) in [5, 5.41) is 0.479. The van der Waals surface area contributed by atoms with Gasteiger partial charge >= 0.3 is 0 Å². The summed E-state index contributed by atoms with van der Waals surface area (Å²) in [6.07, 6.45) is 6.89. The fraction of sp³-hybridized carbons (Fsp3) is 0.500. The lowest BCUT2D eigenvalue weighted by Gasteiger charge is -2.17. The number of carbonyl (C=O) groups excluding carboxylic acids is 2. The van der Waals surface area contributed by atoms with Crippen LogP contribution >= 0.6 is 11.6 Å². The van der Waals surface area contributed by atoms with Crippen molar-refractivity contribution in [1.29, 1.82) is 0 Å². The molecule has 20 heavy (non-hydrogen) atoms. The maximum atomic E-state index is 12.0. The smallest absolute Gasteiger partial charge is 0.299 e. The molecule has 108 valence electrons. The van der Waals surface area contributed by atoms with E-state index < -0.39 is 11.7 Å². The average Bonchev–Trinajstić information content (AvgIpc) is 2.69. The minimum absolute atomic E-state index is 0.437. The number of hydrogen-bond donors (Lipinski definition) is 0. The molecule has 0 saturated heterocycles. The van der Waals surface area contributed by atoms with Crippen LogP contribution in [0, 0.1) is 0 Å². The number of halogens is 1. The number of anilines is 1. The van der Waals surface area contributed by atoms with Gasteiger partial charge in [0.25, 0.3) is 11.7 Å². The van der Waals surface area contributed by atoms with Gasteiger partial charge < -0.3 is 4.90 Å². The molecule has 1 aliphatic heterocycles. The van der Waals surface area contributed by atoms with E-state index in [1.807, 2.05) is 0 Å². The molecule has 4 heteroatoms. The van der Waals surface area contributed by atoms with Gasteiger partial charge in [0.05, 0.1) is 16.3 Å². The number of carbonyl (C=O) groups is 2. The highest BCUT2D eigenvalue weighted by molar-refractivity contribution is 6.54. The van der Waals surface area contributed by atoms with E-state index in [1.165, 1.54) is 25.7 Å². The maximum absolute atomic E-state index is 12.0. The minimum atomic E-state index is -0.443. The van der Waals surface area contributed by atoms with Crippen molar-refractivity contribution in [3.8, 4) is 0 Å². The predicted octanol–water partition coefficient (Wildman–Crippen LogP) is 4.23. The monoisotopic (exact) mass is 293 g/mol. The van der Waals surface area contributed by atoms with E-state index in [0.717, 1.165) is 12.8 Å². The molecule has 1 aliphatic rings. The second-order valence-corrected chi connectivity index (χ2v) is 5.60. The Morgan fingerprint density at radius 3 is 2.50 bits per heavy atom. The summed E-state index contributed by atoms with van der Waals surface area (Å²) in [6.45, 7) is 2.76. The first-order valence-electron chi connectivity index (χ1n) is 7.31. The number of Topliss-reactive ketones (excluding diaryl/α,β-unsaturated/α-hetero) is 1. The normalized spacial score (nSPS) is 14.0. The molecule has 0 unspecified atom stereocenters. The van der Waals surface area contributed by atoms with Gasteiger partial charge in [-0.25, -0.2) is 0 Å². The molecule has 3 nitrogen and oxygen atoms in total. The Kier molecular flexibility index (Phi) is 5.18. The second-order valence-electron chi connectivity index (χ2n) is 5.19. The molecule has 0 fully saturated rings. The van der Waals surface area contributed by atoms with Gasteiger partial charge in [0.1, 0.15) is 0 Å². The predicted molar refractivity (Wildman–Crippen MR) is 81.5 cm³/mol. The number of ketones is 1. The van der Waals surface area contributed by atoms with Gasteiger partial charge in [-0.3, -0.25) is 9.59 Å². The number of para-hydroxylation sites is 1. The number of nitrogens with zero attached hydrogens (tertiary/aromatic N) is 1. The standard InChI is InChI=1S/C16H20ClNO2/c1-2-3-4-5-6-7-11-18-14-12(15(19)16(18)20)9-8-10-13(14)17/h8-10H,2-7,11H2,1H3. The van der Waals surface area contributed by atoms with Crippen molar-refractivity contribution in [2.24, 2.45) is 0 Å². The summed E-state index contributed by atoms with van der Waals surface area (Å²) < 4.78 is 0. The molecule has 2 rings (SSSR count). The van der Waals surface area contributed by atoms with Crippen LogP contribution in [0.25, 0.3) is 0 Å². The molecule has 0 bridgehead atoms.